The Morgan fingerprint density at radius 3 is 2.38 bits per heavy atom. The van der Waals surface area contributed by atoms with Gasteiger partial charge in [0.2, 0.25) is 0 Å². The number of carbonyl (C=O) groups excluding carboxylic acids is 2. The molecule has 2 aromatic carbocycles. The Morgan fingerprint density at radius 1 is 1.00 bits per heavy atom. The number of fused-ring (bicyclic) bond motifs is 1. The van der Waals surface area contributed by atoms with E-state index in [4.69, 9.17) is 4.74 Å². The van der Waals surface area contributed by atoms with E-state index >= 15 is 0 Å². The number of ether oxygens (including phenoxy) is 1. The molecular weight excluding hydrogens is 432 g/mol. The lowest BCUT2D eigenvalue weighted by atomic mass is 10.0. The fourth-order valence-electron chi connectivity index (χ4n) is 3.80. The van der Waals surface area contributed by atoms with Gasteiger partial charge < -0.3 is 15.0 Å². The lowest BCUT2D eigenvalue weighted by Crippen LogP contribution is -2.28. The Balaban J connectivity index is 1.98. The third-order valence-corrected chi connectivity index (χ3v) is 5.86. The highest BCUT2D eigenvalue weighted by Crippen LogP contribution is 2.45. The molecule has 0 radical (unpaired) electrons. The molecule has 148 valence electrons. The van der Waals surface area contributed by atoms with Crippen molar-refractivity contribution >= 4 is 39.1 Å². The van der Waals surface area contributed by atoms with E-state index in [1.54, 1.807) is 12.0 Å². The van der Waals surface area contributed by atoms with Gasteiger partial charge in [-0.2, -0.15) is 0 Å². The monoisotopic (exact) mass is 452 g/mol. The Kier molecular flexibility index (Phi) is 5.28. The average molecular weight is 453 g/mol. The molecule has 6 heteroatoms. The molecule has 0 bridgehead atoms. The van der Waals surface area contributed by atoms with Crippen LogP contribution in [0.5, 0.6) is 5.75 Å². The van der Waals surface area contributed by atoms with Crippen LogP contribution in [0.1, 0.15) is 30.9 Å². The minimum Gasteiger partial charge on any atom is -0.496 e. The molecule has 4 rings (SSSR count). The molecule has 0 aromatic heterocycles. The normalized spacial score (nSPS) is 15.9. The smallest absolute Gasteiger partial charge is 0.261 e. The molecule has 0 unspecified atom stereocenters. The van der Waals surface area contributed by atoms with Crippen LogP contribution in [-0.2, 0) is 9.59 Å². The van der Waals surface area contributed by atoms with Crippen LogP contribution in [0, 0.1) is 0 Å². The zero-order valence-electron chi connectivity index (χ0n) is 16.3. The first-order chi connectivity index (χ1) is 14.1. The number of hydrogen-bond acceptors (Lipinski definition) is 3. The summed E-state index contributed by atoms with van der Waals surface area (Å²) in [7, 11) is 1.59. The van der Waals surface area contributed by atoms with Crippen LogP contribution in [0.4, 0.5) is 0 Å². The van der Waals surface area contributed by atoms with Crippen molar-refractivity contribution in [2.24, 2.45) is 0 Å². The van der Waals surface area contributed by atoms with Crippen molar-refractivity contribution in [3.63, 3.8) is 0 Å². The van der Waals surface area contributed by atoms with Crippen molar-refractivity contribution in [3.05, 3.63) is 75.3 Å². The maximum atomic E-state index is 13.5. The Bertz CT molecular complexity index is 1070. The predicted molar refractivity (Wildman–Crippen MR) is 116 cm³/mol. The van der Waals surface area contributed by atoms with Crippen molar-refractivity contribution in [1.82, 2.24) is 10.2 Å². The maximum absolute atomic E-state index is 13.5. The summed E-state index contributed by atoms with van der Waals surface area (Å²) in [6.07, 6.45) is 1.79. The van der Waals surface area contributed by atoms with Gasteiger partial charge in [0.1, 0.15) is 5.75 Å². The molecule has 0 atom stereocenters. The number of hydrogen-bond donors (Lipinski definition) is 1. The van der Waals surface area contributed by atoms with Gasteiger partial charge in [0.25, 0.3) is 11.8 Å². The highest BCUT2D eigenvalue weighted by molar-refractivity contribution is 9.10. The van der Waals surface area contributed by atoms with E-state index in [1.807, 2.05) is 48.5 Å². The van der Waals surface area contributed by atoms with E-state index in [9.17, 15) is 9.59 Å². The SMILES string of the molecule is CCCCN1C(=O)C2=C(c3ccccc3Br)NC(=O)C2=C1c1ccccc1OC. The van der Waals surface area contributed by atoms with Crippen LogP contribution in [-0.4, -0.2) is 30.4 Å². The van der Waals surface area contributed by atoms with Crippen LogP contribution < -0.4 is 10.1 Å². The molecule has 0 aliphatic carbocycles. The third-order valence-electron chi connectivity index (χ3n) is 5.17. The zero-order chi connectivity index (χ0) is 20.5. The Hall–Kier alpha value is -2.86. The van der Waals surface area contributed by atoms with Gasteiger partial charge in [0.05, 0.1) is 29.7 Å². The summed E-state index contributed by atoms with van der Waals surface area (Å²) in [6, 6.07) is 15.1. The van der Waals surface area contributed by atoms with E-state index < -0.39 is 0 Å². The molecule has 2 aliphatic rings. The molecule has 0 saturated carbocycles. The Labute approximate surface area is 178 Å². The second-order valence-electron chi connectivity index (χ2n) is 6.92. The Morgan fingerprint density at radius 2 is 1.69 bits per heavy atom. The first-order valence-corrected chi connectivity index (χ1v) is 10.4. The zero-order valence-corrected chi connectivity index (χ0v) is 17.9. The number of carbonyl (C=O) groups is 2. The number of benzene rings is 2. The van der Waals surface area contributed by atoms with E-state index in [0.29, 0.717) is 34.8 Å². The fraction of sp³-hybridized carbons (Fsp3) is 0.217. The van der Waals surface area contributed by atoms with E-state index in [1.165, 1.54) is 0 Å². The van der Waals surface area contributed by atoms with Gasteiger partial charge in [-0.25, -0.2) is 0 Å². The second kappa shape index (κ2) is 7.87. The molecule has 0 saturated heterocycles. The van der Waals surface area contributed by atoms with Crippen molar-refractivity contribution in [1.29, 1.82) is 0 Å². The quantitative estimate of drug-likeness (QED) is 0.708. The van der Waals surface area contributed by atoms with Gasteiger partial charge in [-0.05, 0) is 24.6 Å². The third kappa shape index (κ3) is 3.17. The minimum absolute atomic E-state index is 0.154. The second-order valence-corrected chi connectivity index (χ2v) is 7.77. The molecule has 5 nitrogen and oxygen atoms in total. The van der Waals surface area contributed by atoms with Crippen LogP contribution in [0.2, 0.25) is 0 Å². The summed E-state index contributed by atoms with van der Waals surface area (Å²) in [6.45, 7) is 2.63. The number of nitrogens with zero attached hydrogens (tertiary/aromatic N) is 1. The molecule has 0 fully saturated rings. The molecule has 2 aliphatic heterocycles. The number of para-hydroxylation sites is 1. The molecule has 29 heavy (non-hydrogen) atoms. The average Bonchev–Trinajstić information content (AvgIpc) is 3.22. The largest absolute Gasteiger partial charge is 0.496 e. The maximum Gasteiger partial charge on any atom is 0.261 e. The van der Waals surface area contributed by atoms with Crippen LogP contribution in [0.25, 0.3) is 11.4 Å². The molecule has 2 aromatic rings. The number of halogens is 1. The number of nitrogens with one attached hydrogen (secondary N) is 1. The minimum atomic E-state index is -0.265. The van der Waals surface area contributed by atoms with Gasteiger partial charge >= 0.3 is 0 Å². The van der Waals surface area contributed by atoms with Gasteiger partial charge in [0, 0.05) is 22.1 Å². The number of amides is 2. The number of unbranched alkanes of at least 4 members (excludes halogenated alkanes) is 1. The van der Waals surface area contributed by atoms with Crippen LogP contribution in [0.15, 0.2) is 64.1 Å². The van der Waals surface area contributed by atoms with Crippen molar-refractivity contribution < 1.29 is 14.3 Å². The lowest BCUT2D eigenvalue weighted by molar-refractivity contribution is -0.123. The van der Waals surface area contributed by atoms with Crippen LogP contribution >= 0.6 is 15.9 Å². The van der Waals surface area contributed by atoms with Gasteiger partial charge in [-0.15, -0.1) is 0 Å². The summed E-state index contributed by atoms with van der Waals surface area (Å²) < 4.78 is 6.35. The van der Waals surface area contributed by atoms with Gasteiger partial charge in [0.15, 0.2) is 0 Å². The topological polar surface area (TPSA) is 58.6 Å². The molecule has 2 amide bonds. The summed E-state index contributed by atoms with van der Waals surface area (Å²) >= 11 is 3.54. The molecule has 1 N–H and O–H groups in total. The summed E-state index contributed by atoms with van der Waals surface area (Å²) in [5.41, 5.74) is 3.55. The van der Waals surface area contributed by atoms with Crippen LogP contribution in [0.3, 0.4) is 0 Å². The highest BCUT2D eigenvalue weighted by atomic mass is 79.9. The summed E-state index contributed by atoms with van der Waals surface area (Å²) in [4.78, 5) is 28.3. The van der Waals surface area contributed by atoms with E-state index in [-0.39, 0.29) is 11.8 Å². The van der Waals surface area contributed by atoms with Gasteiger partial charge in [-0.1, -0.05) is 59.6 Å². The van der Waals surface area contributed by atoms with Crippen molar-refractivity contribution in [3.8, 4) is 5.75 Å². The first-order valence-electron chi connectivity index (χ1n) is 9.58. The van der Waals surface area contributed by atoms with E-state index in [0.717, 1.165) is 28.4 Å². The fourth-order valence-corrected chi connectivity index (χ4v) is 4.29. The van der Waals surface area contributed by atoms with E-state index in [2.05, 4.69) is 28.2 Å². The molecule has 2 heterocycles. The molecular formula is C23H21BrN2O3. The summed E-state index contributed by atoms with van der Waals surface area (Å²) in [5, 5.41) is 2.92. The molecule has 0 spiro atoms. The number of rotatable bonds is 6. The standard InChI is InChI=1S/C23H21BrN2O3/c1-3-4-13-26-21(15-10-6-8-12-17(15)29-2)19-18(23(26)28)20(25-22(19)27)14-9-5-7-11-16(14)24/h5-12H,3-4,13H2,1-2H3,(H,25,27). The van der Waals surface area contributed by atoms with Crippen molar-refractivity contribution in [2.45, 2.75) is 19.8 Å². The lowest BCUT2D eigenvalue weighted by Gasteiger charge is -2.22. The predicted octanol–water partition coefficient (Wildman–Crippen LogP) is 4.35. The first kappa shape index (κ1) is 19.5. The van der Waals surface area contributed by atoms with Crippen molar-refractivity contribution in [2.75, 3.05) is 13.7 Å². The number of methoxy groups -OCH3 is 1. The van der Waals surface area contributed by atoms with Gasteiger partial charge in [-0.3, -0.25) is 9.59 Å². The summed E-state index contributed by atoms with van der Waals surface area (Å²) in [5.74, 6) is 0.213. The highest BCUT2D eigenvalue weighted by Gasteiger charge is 2.45.